The molecular weight excluding hydrogens is 341 g/mol. The third-order valence-electron chi connectivity index (χ3n) is 3.65. The lowest BCUT2D eigenvalue weighted by Gasteiger charge is -2.14. The highest BCUT2D eigenvalue weighted by Crippen LogP contribution is 2.18. The molecule has 0 aliphatic carbocycles. The van der Waals surface area contributed by atoms with Crippen molar-refractivity contribution in [2.24, 2.45) is 5.73 Å². The number of carbonyl (C=O) groups is 2. The summed E-state index contributed by atoms with van der Waals surface area (Å²) in [4.78, 5) is 32.2. The zero-order valence-electron chi connectivity index (χ0n) is 14.1. The fraction of sp³-hybridized carbons (Fsp3) is 0.235. The number of benzene rings is 1. The molecule has 8 nitrogen and oxygen atoms in total. The minimum Gasteiger partial charge on any atom is -0.447 e. The molecule has 0 saturated carbocycles. The number of halogens is 1. The largest absolute Gasteiger partial charge is 0.447 e. The third kappa shape index (κ3) is 3.66. The second-order valence-electron chi connectivity index (χ2n) is 5.78. The zero-order valence-corrected chi connectivity index (χ0v) is 14.1. The number of fused-ring (bicyclic) bond motifs is 1. The first-order valence-corrected chi connectivity index (χ1v) is 7.77. The maximum absolute atomic E-state index is 13.0. The van der Waals surface area contributed by atoms with Crippen LogP contribution in [0.2, 0.25) is 0 Å². The Kier molecular flexibility index (Phi) is 4.61. The Morgan fingerprint density at radius 1 is 1.23 bits per heavy atom. The Hall–Kier alpha value is -3.36. The van der Waals surface area contributed by atoms with Crippen molar-refractivity contribution < 1.29 is 18.7 Å². The van der Waals surface area contributed by atoms with E-state index < -0.39 is 23.8 Å². The predicted molar refractivity (Wildman–Crippen MR) is 88.4 cm³/mol. The smallest absolute Gasteiger partial charge is 0.314 e. The lowest BCUT2D eigenvalue weighted by atomic mass is 10.1. The molecule has 26 heavy (non-hydrogen) atoms. The maximum atomic E-state index is 13.0. The molecule has 1 aromatic carbocycles. The van der Waals surface area contributed by atoms with Gasteiger partial charge in [-0.25, -0.2) is 13.9 Å². The van der Waals surface area contributed by atoms with Crippen molar-refractivity contribution in [2.45, 2.75) is 26.4 Å². The monoisotopic (exact) mass is 357 g/mol. The van der Waals surface area contributed by atoms with Gasteiger partial charge >= 0.3 is 5.97 Å². The Balaban J connectivity index is 1.77. The topological polar surface area (TPSA) is 112 Å². The summed E-state index contributed by atoms with van der Waals surface area (Å²) in [7, 11) is 0. The fourth-order valence-corrected chi connectivity index (χ4v) is 2.51. The Bertz CT molecular complexity index is 984. The van der Waals surface area contributed by atoms with E-state index in [0.29, 0.717) is 5.78 Å². The number of amides is 1. The first kappa shape index (κ1) is 17.5. The van der Waals surface area contributed by atoms with E-state index in [1.807, 2.05) is 19.9 Å². The van der Waals surface area contributed by atoms with E-state index in [9.17, 15) is 14.0 Å². The van der Waals surface area contributed by atoms with Crippen LogP contribution in [0.5, 0.6) is 0 Å². The SMILES string of the molecule is Cc1cc(C)n2nc(CC(=O)OC(C(N)=O)c3ccc(F)cc3)nc2n1. The van der Waals surface area contributed by atoms with Gasteiger partial charge in [0.25, 0.3) is 11.7 Å². The normalized spacial score (nSPS) is 12.1. The van der Waals surface area contributed by atoms with Crippen molar-refractivity contribution in [3.8, 4) is 0 Å². The van der Waals surface area contributed by atoms with E-state index in [1.54, 1.807) is 0 Å². The summed E-state index contributed by atoms with van der Waals surface area (Å²) in [5.74, 6) is -1.49. The van der Waals surface area contributed by atoms with Gasteiger partial charge in [0, 0.05) is 17.0 Å². The molecule has 2 heterocycles. The van der Waals surface area contributed by atoms with E-state index in [4.69, 9.17) is 10.5 Å². The van der Waals surface area contributed by atoms with E-state index in [0.717, 1.165) is 23.5 Å². The number of hydrogen-bond donors (Lipinski definition) is 1. The number of nitrogens with zero attached hydrogens (tertiary/aromatic N) is 4. The number of primary amides is 1. The van der Waals surface area contributed by atoms with Gasteiger partial charge in [-0.15, -0.1) is 5.10 Å². The molecule has 0 aliphatic heterocycles. The number of esters is 1. The fourth-order valence-electron chi connectivity index (χ4n) is 2.51. The van der Waals surface area contributed by atoms with E-state index in [-0.39, 0.29) is 17.8 Å². The highest BCUT2D eigenvalue weighted by atomic mass is 19.1. The first-order chi connectivity index (χ1) is 12.3. The number of aromatic nitrogens is 4. The lowest BCUT2D eigenvalue weighted by Crippen LogP contribution is -2.27. The van der Waals surface area contributed by atoms with Crippen LogP contribution in [-0.2, 0) is 20.7 Å². The van der Waals surface area contributed by atoms with Crippen LogP contribution in [0.4, 0.5) is 4.39 Å². The summed E-state index contributed by atoms with van der Waals surface area (Å²) in [6, 6.07) is 6.80. The van der Waals surface area contributed by atoms with Crippen molar-refractivity contribution in [2.75, 3.05) is 0 Å². The van der Waals surface area contributed by atoms with Crippen molar-refractivity contribution >= 4 is 17.7 Å². The Morgan fingerprint density at radius 2 is 1.92 bits per heavy atom. The van der Waals surface area contributed by atoms with E-state index >= 15 is 0 Å². The highest BCUT2D eigenvalue weighted by molar-refractivity contribution is 5.84. The second-order valence-corrected chi connectivity index (χ2v) is 5.78. The average Bonchev–Trinajstić information content (AvgIpc) is 2.96. The predicted octanol–water partition coefficient (Wildman–Crippen LogP) is 1.19. The maximum Gasteiger partial charge on any atom is 0.314 e. The summed E-state index contributed by atoms with van der Waals surface area (Å²) in [5, 5.41) is 4.21. The van der Waals surface area contributed by atoms with Gasteiger partial charge in [0.1, 0.15) is 12.2 Å². The van der Waals surface area contributed by atoms with Gasteiger partial charge in [0.2, 0.25) is 6.10 Å². The number of hydrogen-bond acceptors (Lipinski definition) is 6. The molecule has 1 amide bonds. The molecule has 0 fully saturated rings. The van der Waals surface area contributed by atoms with Crippen LogP contribution < -0.4 is 5.73 Å². The molecule has 2 N–H and O–H groups in total. The van der Waals surface area contributed by atoms with Crippen LogP contribution in [0.1, 0.15) is 28.9 Å². The lowest BCUT2D eigenvalue weighted by molar-refractivity contribution is -0.154. The summed E-state index contributed by atoms with van der Waals surface area (Å²) in [5.41, 5.74) is 7.17. The molecule has 9 heteroatoms. The summed E-state index contributed by atoms with van der Waals surface area (Å²) >= 11 is 0. The molecule has 0 spiro atoms. The van der Waals surface area contributed by atoms with Crippen LogP contribution in [0.3, 0.4) is 0 Å². The number of ether oxygens (including phenoxy) is 1. The molecule has 0 radical (unpaired) electrons. The van der Waals surface area contributed by atoms with Crippen LogP contribution in [0, 0.1) is 19.7 Å². The quantitative estimate of drug-likeness (QED) is 0.687. The minimum absolute atomic E-state index is 0.207. The van der Waals surface area contributed by atoms with Crippen LogP contribution >= 0.6 is 0 Å². The summed E-state index contributed by atoms with van der Waals surface area (Å²) in [6.07, 6.45) is -1.57. The van der Waals surface area contributed by atoms with Gasteiger partial charge in [-0.2, -0.15) is 4.98 Å². The van der Waals surface area contributed by atoms with Crippen molar-refractivity contribution in [3.63, 3.8) is 0 Å². The van der Waals surface area contributed by atoms with Gasteiger partial charge in [-0.1, -0.05) is 12.1 Å². The Morgan fingerprint density at radius 3 is 2.58 bits per heavy atom. The first-order valence-electron chi connectivity index (χ1n) is 7.77. The number of nitrogens with two attached hydrogens (primary N) is 1. The van der Waals surface area contributed by atoms with Gasteiger partial charge < -0.3 is 10.5 Å². The number of carbonyl (C=O) groups excluding carboxylic acids is 2. The third-order valence-corrected chi connectivity index (χ3v) is 3.65. The van der Waals surface area contributed by atoms with Crippen molar-refractivity contribution in [1.29, 1.82) is 0 Å². The van der Waals surface area contributed by atoms with Crippen LogP contribution in [0.25, 0.3) is 5.78 Å². The molecule has 3 aromatic rings. The number of aryl methyl sites for hydroxylation is 2. The van der Waals surface area contributed by atoms with Crippen molar-refractivity contribution in [3.05, 3.63) is 58.9 Å². The molecule has 1 unspecified atom stereocenters. The highest BCUT2D eigenvalue weighted by Gasteiger charge is 2.24. The standard InChI is InChI=1S/C17H16FN5O3/c1-9-7-10(2)23-17(20-9)21-13(22-23)8-14(24)26-15(16(19)25)11-3-5-12(18)6-4-11/h3-7,15H,8H2,1-2H3,(H2,19,25). The molecule has 0 bridgehead atoms. The summed E-state index contributed by atoms with van der Waals surface area (Å²) < 4.78 is 19.7. The number of rotatable bonds is 5. The molecule has 3 rings (SSSR count). The average molecular weight is 357 g/mol. The molecule has 0 aliphatic rings. The van der Waals surface area contributed by atoms with Crippen molar-refractivity contribution in [1.82, 2.24) is 19.6 Å². The van der Waals surface area contributed by atoms with E-state index in [2.05, 4.69) is 15.1 Å². The summed E-state index contributed by atoms with van der Waals surface area (Å²) in [6.45, 7) is 3.67. The van der Waals surface area contributed by atoms with Gasteiger partial charge in [-0.3, -0.25) is 9.59 Å². The molecule has 2 aromatic heterocycles. The molecule has 0 saturated heterocycles. The Labute approximate surface area is 147 Å². The molecule has 1 atom stereocenters. The van der Waals surface area contributed by atoms with Gasteiger partial charge in [0.15, 0.2) is 5.82 Å². The molecular formula is C17H16FN5O3. The second kappa shape index (κ2) is 6.87. The van der Waals surface area contributed by atoms with Crippen LogP contribution in [-0.4, -0.2) is 31.5 Å². The molecule has 134 valence electrons. The van der Waals surface area contributed by atoms with E-state index in [1.165, 1.54) is 16.6 Å². The zero-order chi connectivity index (χ0) is 18.8. The van der Waals surface area contributed by atoms with Crippen LogP contribution in [0.15, 0.2) is 30.3 Å². The van der Waals surface area contributed by atoms with Gasteiger partial charge in [-0.05, 0) is 32.0 Å². The minimum atomic E-state index is -1.32. The van der Waals surface area contributed by atoms with Gasteiger partial charge in [0.05, 0.1) is 0 Å².